The van der Waals surface area contributed by atoms with Gasteiger partial charge in [-0.1, -0.05) is 47.1 Å². The number of amides is 2. The number of carbonyl (C=O) groups excluding carboxylic acids is 4. The van der Waals surface area contributed by atoms with Crippen molar-refractivity contribution in [2.45, 2.75) is 13.3 Å². The van der Waals surface area contributed by atoms with Gasteiger partial charge >= 0.3 is 5.97 Å². The van der Waals surface area contributed by atoms with Gasteiger partial charge in [0, 0.05) is 10.0 Å². The SMILES string of the molecule is C[C@@H]1C=CC[C@@H]2C(=O)N(c3ccc(C(=O)OCC(=O)c4ccc(Br)cc4)cc3)C(=O)[C@@H]12. The van der Waals surface area contributed by atoms with Crippen LogP contribution in [0.25, 0.3) is 0 Å². The molecule has 0 bridgehead atoms. The number of halogens is 1. The number of ketones is 1. The minimum Gasteiger partial charge on any atom is -0.454 e. The molecule has 1 heterocycles. The molecule has 2 amide bonds. The number of nitrogens with zero attached hydrogens (tertiary/aromatic N) is 1. The van der Waals surface area contributed by atoms with Gasteiger partial charge in [-0.05, 0) is 48.7 Å². The first-order valence-corrected chi connectivity index (χ1v) is 10.8. The van der Waals surface area contributed by atoms with Crippen LogP contribution in [-0.4, -0.2) is 30.2 Å². The zero-order valence-corrected chi connectivity index (χ0v) is 18.4. The molecule has 2 aliphatic rings. The third kappa shape index (κ3) is 4.10. The summed E-state index contributed by atoms with van der Waals surface area (Å²) in [5.41, 5.74) is 1.11. The van der Waals surface area contributed by atoms with Crippen LogP contribution in [0.2, 0.25) is 0 Å². The first-order chi connectivity index (χ1) is 14.9. The molecule has 4 rings (SSSR count). The molecule has 0 saturated carbocycles. The lowest BCUT2D eigenvalue weighted by molar-refractivity contribution is -0.122. The van der Waals surface area contributed by atoms with E-state index < -0.39 is 5.97 Å². The molecule has 0 N–H and O–H groups in total. The van der Waals surface area contributed by atoms with E-state index in [9.17, 15) is 19.2 Å². The van der Waals surface area contributed by atoms with Crippen LogP contribution in [0.15, 0.2) is 65.2 Å². The van der Waals surface area contributed by atoms with E-state index in [1.165, 1.54) is 17.0 Å². The maximum atomic E-state index is 12.9. The lowest BCUT2D eigenvalue weighted by atomic mass is 9.78. The van der Waals surface area contributed by atoms with Gasteiger partial charge in [0.2, 0.25) is 11.8 Å². The van der Waals surface area contributed by atoms with Gasteiger partial charge in [0.15, 0.2) is 12.4 Å². The zero-order chi connectivity index (χ0) is 22.1. The first kappa shape index (κ1) is 21.2. The Morgan fingerprint density at radius 1 is 1.00 bits per heavy atom. The lowest BCUT2D eigenvalue weighted by Gasteiger charge is -2.22. The largest absolute Gasteiger partial charge is 0.454 e. The molecule has 7 heteroatoms. The highest BCUT2D eigenvalue weighted by atomic mass is 79.9. The van der Waals surface area contributed by atoms with Crippen molar-refractivity contribution < 1.29 is 23.9 Å². The van der Waals surface area contributed by atoms with Crippen LogP contribution in [0.3, 0.4) is 0 Å². The lowest BCUT2D eigenvalue weighted by Crippen LogP contribution is -2.31. The Bertz CT molecular complexity index is 1070. The predicted octanol–water partition coefficient (Wildman–Crippen LogP) is 4.19. The van der Waals surface area contributed by atoms with Gasteiger partial charge in [-0.3, -0.25) is 19.3 Å². The molecule has 2 aromatic rings. The van der Waals surface area contributed by atoms with Gasteiger partial charge in [0.05, 0.1) is 23.1 Å². The Balaban J connectivity index is 1.41. The van der Waals surface area contributed by atoms with E-state index in [1.54, 1.807) is 36.4 Å². The summed E-state index contributed by atoms with van der Waals surface area (Å²) in [5, 5.41) is 0. The molecule has 158 valence electrons. The summed E-state index contributed by atoms with van der Waals surface area (Å²) in [6.45, 7) is 1.57. The number of hydrogen-bond donors (Lipinski definition) is 0. The molecular formula is C24H20BrNO5. The Kier molecular flexibility index (Phi) is 5.87. The monoisotopic (exact) mass is 481 g/mol. The van der Waals surface area contributed by atoms with Crippen molar-refractivity contribution in [2.75, 3.05) is 11.5 Å². The van der Waals surface area contributed by atoms with Crippen LogP contribution < -0.4 is 4.90 Å². The smallest absolute Gasteiger partial charge is 0.338 e. The van der Waals surface area contributed by atoms with Gasteiger partial charge in [-0.2, -0.15) is 0 Å². The van der Waals surface area contributed by atoms with Crippen molar-refractivity contribution in [2.24, 2.45) is 17.8 Å². The normalized spacial score (nSPS) is 22.4. The Hall–Kier alpha value is -3.06. The average molecular weight is 482 g/mol. The second kappa shape index (κ2) is 8.59. The molecule has 0 radical (unpaired) electrons. The molecule has 1 fully saturated rings. The second-order valence-electron chi connectivity index (χ2n) is 7.72. The molecule has 2 aromatic carbocycles. The van der Waals surface area contributed by atoms with Crippen LogP contribution in [0.1, 0.15) is 34.1 Å². The van der Waals surface area contributed by atoms with E-state index in [-0.39, 0.29) is 47.5 Å². The molecule has 31 heavy (non-hydrogen) atoms. The summed E-state index contributed by atoms with van der Waals surface area (Å²) in [6, 6.07) is 12.9. The number of hydrogen-bond acceptors (Lipinski definition) is 5. The summed E-state index contributed by atoms with van der Waals surface area (Å²) in [4.78, 5) is 51.3. The topological polar surface area (TPSA) is 80.8 Å². The standard InChI is InChI=1S/C24H20BrNO5/c1-14-3-2-4-19-21(14)23(29)26(22(19)28)18-11-7-16(8-12-18)24(30)31-13-20(27)15-5-9-17(25)10-6-15/h2-3,5-12,14,19,21H,4,13H2,1H3/t14-,19+,21+/m1/s1. The predicted molar refractivity (Wildman–Crippen MR) is 118 cm³/mol. The van der Waals surface area contributed by atoms with Gasteiger partial charge in [0.1, 0.15) is 0 Å². The van der Waals surface area contributed by atoms with Crippen molar-refractivity contribution in [1.82, 2.24) is 0 Å². The van der Waals surface area contributed by atoms with Gasteiger partial charge in [-0.15, -0.1) is 0 Å². The number of rotatable bonds is 5. The van der Waals surface area contributed by atoms with E-state index in [0.717, 1.165) is 4.47 Å². The quantitative estimate of drug-likeness (QED) is 0.276. The third-order valence-electron chi connectivity index (χ3n) is 5.73. The molecule has 1 aliphatic heterocycles. The number of esters is 1. The van der Waals surface area contributed by atoms with E-state index in [4.69, 9.17) is 4.74 Å². The minimum atomic E-state index is -0.650. The van der Waals surface area contributed by atoms with Crippen molar-refractivity contribution in [3.05, 3.63) is 76.3 Å². The second-order valence-corrected chi connectivity index (χ2v) is 8.64. The summed E-state index contributed by atoms with van der Waals surface area (Å²) >= 11 is 3.30. The zero-order valence-electron chi connectivity index (χ0n) is 16.8. The molecule has 0 unspecified atom stereocenters. The number of carbonyl (C=O) groups is 4. The highest BCUT2D eigenvalue weighted by Gasteiger charge is 2.50. The summed E-state index contributed by atoms with van der Waals surface area (Å²) in [5.74, 6) is -2.03. The van der Waals surface area contributed by atoms with Crippen LogP contribution in [-0.2, 0) is 14.3 Å². The maximum absolute atomic E-state index is 12.9. The van der Waals surface area contributed by atoms with Crippen LogP contribution in [0, 0.1) is 17.8 Å². The van der Waals surface area contributed by atoms with Crippen LogP contribution in [0.5, 0.6) is 0 Å². The Labute approximate surface area is 188 Å². The number of Topliss-reactive ketones (excluding diaryl/α,β-unsaturated/α-hetero) is 1. The van der Waals surface area contributed by atoms with Crippen molar-refractivity contribution in [3.63, 3.8) is 0 Å². The average Bonchev–Trinajstić information content (AvgIpc) is 3.03. The summed E-state index contributed by atoms with van der Waals surface area (Å²) in [6.07, 6.45) is 4.49. The van der Waals surface area contributed by atoms with Crippen molar-refractivity contribution >= 4 is 45.2 Å². The van der Waals surface area contributed by atoms with Gasteiger partial charge in [0.25, 0.3) is 0 Å². The molecule has 0 aromatic heterocycles. The molecule has 1 aliphatic carbocycles. The number of imide groups is 1. The maximum Gasteiger partial charge on any atom is 0.338 e. The Morgan fingerprint density at radius 2 is 1.65 bits per heavy atom. The van der Waals surface area contributed by atoms with Crippen LogP contribution >= 0.6 is 15.9 Å². The fourth-order valence-corrected chi connectivity index (χ4v) is 4.35. The number of fused-ring (bicyclic) bond motifs is 1. The highest BCUT2D eigenvalue weighted by Crippen LogP contribution is 2.40. The molecule has 1 saturated heterocycles. The number of anilines is 1. The molecule has 3 atom stereocenters. The minimum absolute atomic E-state index is 0.0118. The number of allylic oxidation sites excluding steroid dienone is 2. The summed E-state index contributed by atoms with van der Waals surface area (Å²) in [7, 11) is 0. The highest BCUT2D eigenvalue weighted by molar-refractivity contribution is 9.10. The van der Waals surface area contributed by atoms with Crippen molar-refractivity contribution in [3.8, 4) is 0 Å². The Morgan fingerprint density at radius 3 is 2.29 bits per heavy atom. The molecule has 0 spiro atoms. The van der Waals surface area contributed by atoms with Gasteiger partial charge in [-0.25, -0.2) is 4.79 Å². The third-order valence-corrected chi connectivity index (χ3v) is 6.26. The first-order valence-electron chi connectivity index (χ1n) is 9.97. The van der Waals surface area contributed by atoms with E-state index in [0.29, 0.717) is 17.7 Å². The van der Waals surface area contributed by atoms with E-state index >= 15 is 0 Å². The number of ether oxygens (including phenoxy) is 1. The van der Waals surface area contributed by atoms with Gasteiger partial charge < -0.3 is 4.74 Å². The summed E-state index contributed by atoms with van der Waals surface area (Å²) < 4.78 is 5.97. The molecular weight excluding hydrogens is 462 g/mol. The van der Waals surface area contributed by atoms with E-state index in [1.807, 2.05) is 19.1 Å². The van der Waals surface area contributed by atoms with Crippen molar-refractivity contribution in [1.29, 1.82) is 0 Å². The number of benzene rings is 2. The fraction of sp³-hybridized carbons (Fsp3) is 0.250. The van der Waals surface area contributed by atoms with E-state index in [2.05, 4.69) is 15.9 Å². The fourth-order valence-electron chi connectivity index (χ4n) is 4.08. The van der Waals surface area contributed by atoms with Crippen LogP contribution in [0.4, 0.5) is 5.69 Å². The molecule has 6 nitrogen and oxygen atoms in total.